The second-order valence-corrected chi connectivity index (χ2v) is 8.01. The monoisotopic (exact) mass is 363 g/mol. The summed E-state index contributed by atoms with van der Waals surface area (Å²) in [6.07, 6.45) is 1.88. The second kappa shape index (κ2) is 6.82. The Morgan fingerprint density at radius 2 is 1.85 bits per heavy atom. The Bertz CT molecular complexity index is 957. The lowest BCUT2D eigenvalue weighted by Crippen LogP contribution is -2.42. The summed E-state index contributed by atoms with van der Waals surface area (Å²) in [5.41, 5.74) is 2.32. The highest BCUT2D eigenvalue weighted by molar-refractivity contribution is 5.99. The van der Waals surface area contributed by atoms with Crippen LogP contribution in [0.1, 0.15) is 48.8 Å². The molecule has 2 aromatic heterocycles. The van der Waals surface area contributed by atoms with Crippen LogP contribution in [0.2, 0.25) is 0 Å². The van der Waals surface area contributed by atoms with Crippen molar-refractivity contribution in [3.8, 4) is 0 Å². The van der Waals surface area contributed by atoms with E-state index in [0.717, 1.165) is 16.9 Å². The number of imidazole rings is 1. The van der Waals surface area contributed by atoms with Crippen LogP contribution in [0.3, 0.4) is 0 Å². The average Bonchev–Trinajstić information content (AvgIpc) is 3.08. The summed E-state index contributed by atoms with van der Waals surface area (Å²) < 4.78 is 7.94. The van der Waals surface area contributed by atoms with E-state index in [9.17, 15) is 4.79 Å². The van der Waals surface area contributed by atoms with Crippen LogP contribution in [0, 0.1) is 0 Å². The van der Waals surface area contributed by atoms with E-state index in [2.05, 4.69) is 20.8 Å². The fraction of sp³-hybridized carbons (Fsp3) is 0.364. The Morgan fingerprint density at radius 1 is 1.11 bits per heavy atom. The molecule has 3 aromatic rings. The lowest BCUT2D eigenvalue weighted by Gasteiger charge is -2.32. The molecule has 5 heteroatoms. The largest absolute Gasteiger partial charge is 0.370 e. The molecule has 0 aliphatic carbocycles. The van der Waals surface area contributed by atoms with Crippen LogP contribution in [0.5, 0.6) is 0 Å². The van der Waals surface area contributed by atoms with Gasteiger partial charge >= 0.3 is 0 Å². The van der Waals surface area contributed by atoms with Crippen LogP contribution in [0.15, 0.2) is 54.7 Å². The number of nitrogens with zero attached hydrogens (tertiary/aromatic N) is 3. The molecule has 1 unspecified atom stereocenters. The molecular weight excluding hydrogens is 338 g/mol. The van der Waals surface area contributed by atoms with E-state index < -0.39 is 0 Å². The van der Waals surface area contributed by atoms with Crippen LogP contribution in [0.25, 0.3) is 5.52 Å². The fourth-order valence-electron chi connectivity index (χ4n) is 3.58. The zero-order chi connectivity index (χ0) is 19.0. The van der Waals surface area contributed by atoms with Crippen molar-refractivity contribution < 1.29 is 9.53 Å². The van der Waals surface area contributed by atoms with Gasteiger partial charge in [0.15, 0.2) is 5.69 Å². The van der Waals surface area contributed by atoms with Gasteiger partial charge in [-0.25, -0.2) is 4.98 Å². The van der Waals surface area contributed by atoms with Crippen molar-refractivity contribution in [2.24, 2.45) is 0 Å². The number of morpholine rings is 1. The van der Waals surface area contributed by atoms with Crippen molar-refractivity contribution in [1.29, 1.82) is 0 Å². The lowest BCUT2D eigenvalue weighted by atomic mass is 9.96. The van der Waals surface area contributed by atoms with Gasteiger partial charge in [0.25, 0.3) is 5.91 Å². The van der Waals surface area contributed by atoms with E-state index in [-0.39, 0.29) is 17.4 Å². The normalized spacial score (nSPS) is 18.0. The van der Waals surface area contributed by atoms with Crippen LogP contribution >= 0.6 is 0 Å². The zero-order valence-corrected chi connectivity index (χ0v) is 16.1. The molecule has 4 rings (SSSR count). The topological polar surface area (TPSA) is 46.8 Å². The van der Waals surface area contributed by atoms with Crippen molar-refractivity contribution in [2.75, 3.05) is 19.7 Å². The van der Waals surface area contributed by atoms with Gasteiger partial charge in [-0.2, -0.15) is 0 Å². The molecule has 1 aliphatic rings. The number of ether oxygens (including phenoxy) is 1. The predicted molar refractivity (Wildman–Crippen MR) is 105 cm³/mol. The highest BCUT2D eigenvalue weighted by atomic mass is 16.5. The van der Waals surface area contributed by atoms with Gasteiger partial charge in [0, 0.05) is 18.2 Å². The summed E-state index contributed by atoms with van der Waals surface area (Å²) in [6.45, 7) is 8.00. The number of hydrogen-bond donors (Lipinski definition) is 0. The molecule has 5 nitrogen and oxygen atoms in total. The quantitative estimate of drug-likeness (QED) is 0.695. The summed E-state index contributed by atoms with van der Waals surface area (Å²) >= 11 is 0. The smallest absolute Gasteiger partial charge is 0.274 e. The fourth-order valence-corrected chi connectivity index (χ4v) is 3.58. The number of benzene rings is 1. The molecule has 0 N–H and O–H groups in total. The third-order valence-electron chi connectivity index (χ3n) is 4.95. The van der Waals surface area contributed by atoms with Crippen LogP contribution in [0.4, 0.5) is 0 Å². The molecule has 0 radical (unpaired) electrons. The number of hydrogen-bond acceptors (Lipinski definition) is 3. The van der Waals surface area contributed by atoms with E-state index >= 15 is 0 Å². The van der Waals surface area contributed by atoms with Crippen LogP contribution < -0.4 is 0 Å². The van der Waals surface area contributed by atoms with Gasteiger partial charge in [-0.1, -0.05) is 57.2 Å². The standard InChI is InChI=1S/C22H25N3O2/c1-22(2,3)21-23-19(17-11-7-8-12-25(17)21)20(26)24-13-14-27-18(15-24)16-9-5-4-6-10-16/h4-12,18H,13-15H2,1-3H3. The molecule has 27 heavy (non-hydrogen) atoms. The molecule has 0 bridgehead atoms. The lowest BCUT2D eigenvalue weighted by molar-refractivity contribution is -0.0229. The summed E-state index contributed by atoms with van der Waals surface area (Å²) in [7, 11) is 0. The molecule has 0 spiro atoms. The third kappa shape index (κ3) is 3.35. The van der Waals surface area contributed by atoms with E-state index in [1.165, 1.54) is 0 Å². The molecule has 1 atom stereocenters. The SMILES string of the molecule is CC(C)(C)c1nc(C(=O)N2CCOC(c3ccccc3)C2)c2ccccn12. The molecule has 1 amide bonds. The number of fused-ring (bicyclic) bond motifs is 1. The minimum absolute atomic E-state index is 0.0292. The number of pyridine rings is 1. The van der Waals surface area contributed by atoms with E-state index in [1.807, 2.05) is 64.0 Å². The van der Waals surface area contributed by atoms with E-state index in [0.29, 0.717) is 25.4 Å². The van der Waals surface area contributed by atoms with Gasteiger partial charge in [0.2, 0.25) is 0 Å². The maximum absolute atomic E-state index is 13.3. The number of carbonyl (C=O) groups is 1. The highest BCUT2D eigenvalue weighted by Crippen LogP contribution is 2.27. The van der Waals surface area contributed by atoms with Gasteiger partial charge in [-0.3, -0.25) is 4.79 Å². The van der Waals surface area contributed by atoms with Gasteiger partial charge < -0.3 is 14.0 Å². The first-order chi connectivity index (χ1) is 12.9. The molecule has 1 aliphatic heterocycles. The Labute approximate surface area is 159 Å². The maximum atomic E-state index is 13.3. The molecule has 0 saturated carbocycles. The van der Waals surface area contributed by atoms with Gasteiger partial charge in [0.05, 0.1) is 18.7 Å². The van der Waals surface area contributed by atoms with Crippen LogP contribution in [-0.4, -0.2) is 39.9 Å². The van der Waals surface area contributed by atoms with Gasteiger partial charge in [-0.15, -0.1) is 0 Å². The Kier molecular flexibility index (Phi) is 4.48. The second-order valence-electron chi connectivity index (χ2n) is 8.01. The minimum Gasteiger partial charge on any atom is -0.370 e. The number of rotatable bonds is 2. The third-order valence-corrected chi connectivity index (χ3v) is 4.95. The highest BCUT2D eigenvalue weighted by Gasteiger charge is 2.30. The molecule has 1 saturated heterocycles. The van der Waals surface area contributed by atoms with Crippen molar-refractivity contribution in [2.45, 2.75) is 32.3 Å². The molecule has 140 valence electrons. The van der Waals surface area contributed by atoms with Gasteiger partial charge in [0.1, 0.15) is 11.9 Å². The Balaban J connectivity index is 1.67. The summed E-state index contributed by atoms with van der Waals surface area (Å²) in [4.78, 5) is 20.0. The van der Waals surface area contributed by atoms with Crippen molar-refractivity contribution in [1.82, 2.24) is 14.3 Å². The van der Waals surface area contributed by atoms with E-state index in [1.54, 1.807) is 0 Å². The Hall–Kier alpha value is -2.66. The molecule has 1 fully saturated rings. The summed E-state index contributed by atoms with van der Waals surface area (Å²) in [5.74, 6) is 0.868. The van der Waals surface area contributed by atoms with Crippen LogP contribution in [-0.2, 0) is 10.2 Å². The van der Waals surface area contributed by atoms with E-state index in [4.69, 9.17) is 9.72 Å². The first kappa shape index (κ1) is 17.7. The minimum atomic E-state index is -0.152. The summed E-state index contributed by atoms with van der Waals surface area (Å²) in [6, 6.07) is 16.0. The summed E-state index contributed by atoms with van der Waals surface area (Å²) in [5, 5.41) is 0. The molecular formula is C22H25N3O2. The van der Waals surface area contributed by atoms with Crippen molar-refractivity contribution in [3.05, 3.63) is 71.8 Å². The number of carbonyl (C=O) groups excluding carboxylic acids is 1. The number of amides is 1. The van der Waals surface area contributed by atoms with Crippen molar-refractivity contribution >= 4 is 11.4 Å². The molecule has 1 aromatic carbocycles. The maximum Gasteiger partial charge on any atom is 0.274 e. The van der Waals surface area contributed by atoms with Crippen molar-refractivity contribution in [3.63, 3.8) is 0 Å². The van der Waals surface area contributed by atoms with Gasteiger partial charge in [-0.05, 0) is 17.7 Å². The first-order valence-corrected chi connectivity index (χ1v) is 9.38. The number of aromatic nitrogens is 2. The Morgan fingerprint density at radius 3 is 2.59 bits per heavy atom. The average molecular weight is 363 g/mol. The molecule has 3 heterocycles. The predicted octanol–water partition coefficient (Wildman–Crippen LogP) is 3.85. The first-order valence-electron chi connectivity index (χ1n) is 9.38. The zero-order valence-electron chi connectivity index (χ0n) is 16.1.